The van der Waals surface area contributed by atoms with Gasteiger partial charge < -0.3 is 4.42 Å². The maximum Gasteiger partial charge on any atom is 0.201 e. The monoisotopic (exact) mass is 314 g/mol. The van der Waals surface area contributed by atoms with Crippen LogP contribution in [0.1, 0.15) is 5.56 Å². The Morgan fingerprint density at radius 1 is 1.00 bits per heavy atom. The van der Waals surface area contributed by atoms with Crippen molar-refractivity contribution in [2.45, 2.75) is 6.92 Å². The van der Waals surface area contributed by atoms with Gasteiger partial charge in [-0.25, -0.2) is 0 Å². The SMILES string of the molecule is Cc1cccc2oc(Br)c(-c3ccccc3)c(=O)c12. The molecular weight excluding hydrogens is 304 g/mol. The summed E-state index contributed by atoms with van der Waals surface area (Å²) in [5.74, 6) is 0. The van der Waals surface area contributed by atoms with E-state index >= 15 is 0 Å². The summed E-state index contributed by atoms with van der Waals surface area (Å²) in [7, 11) is 0. The first-order chi connectivity index (χ1) is 9.18. The molecule has 0 spiro atoms. The molecule has 94 valence electrons. The van der Waals surface area contributed by atoms with E-state index in [1.54, 1.807) is 0 Å². The molecule has 0 aliphatic heterocycles. The van der Waals surface area contributed by atoms with Crippen molar-refractivity contribution < 1.29 is 4.42 Å². The summed E-state index contributed by atoms with van der Waals surface area (Å²) in [6.07, 6.45) is 0. The molecular formula is C16H11BrO2. The van der Waals surface area contributed by atoms with Crippen molar-refractivity contribution in [2.24, 2.45) is 0 Å². The highest BCUT2D eigenvalue weighted by Gasteiger charge is 2.15. The van der Waals surface area contributed by atoms with Crippen LogP contribution in [0.2, 0.25) is 0 Å². The van der Waals surface area contributed by atoms with Gasteiger partial charge in [0.05, 0.1) is 10.9 Å². The number of benzene rings is 2. The fourth-order valence-corrected chi connectivity index (χ4v) is 2.81. The average Bonchev–Trinajstić information content (AvgIpc) is 2.39. The first-order valence-electron chi connectivity index (χ1n) is 5.96. The van der Waals surface area contributed by atoms with Crippen molar-refractivity contribution in [3.05, 3.63) is 69.0 Å². The van der Waals surface area contributed by atoms with E-state index in [0.29, 0.717) is 21.2 Å². The Kier molecular flexibility index (Phi) is 2.99. The zero-order valence-electron chi connectivity index (χ0n) is 10.3. The van der Waals surface area contributed by atoms with Crippen molar-refractivity contribution >= 4 is 26.9 Å². The molecule has 0 aliphatic rings. The Morgan fingerprint density at radius 3 is 2.47 bits per heavy atom. The molecule has 0 amide bonds. The summed E-state index contributed by atoms with van der Waals surface area (Å²) in [6, 6.07) is 15.2. The van der Waals surface area contributed by atoms with Crippen molar-refractivity contribution in [1.29, 1.82) is 0 Å². The maximum atomic E-state index is 12.7. The first-order valence-corrected chi connectivity index (χ1v) is 6.75. The third-order valence-corrected chi connectivity index (χ3v) is 3.71. The van der Waals surface area contributed by atoms with Gasteiger partial charge in [-0.2, -0.15) is 0 Å². The Hall–Kier alpha value is -1.87. The van der Waals surface area contributed by atoms with Crippen LogP contribution in [0.5, 0.6) is 0 Å². The lowest BCUT2D eigenvalue weighted by molar-refractivity contribution is 0.575. The highest BCUT2D eigenvalue weighted by Crippen LogP contribution is 2.29. The molecule has 1 aromatic heterocycles. The second-order valence-corrected chi connectivity index (χ2v) is 5.11. The number of halogens is 1. The van der Waals surface area contributed by atoms with E-state index in [1.807, 2.05) is 55.5 Å². The normalized spacial score (nSPS) is 10.8. The molecule has 0 saturated heterocycles. The van der Waals surface area contributed by atoms with Gasteiger partial charge in [0.1, 0.15) is 5.58 Å². The van der Waals surface area contributed by atoms with E-state index in [1.165, 1.54) is 0 Å². The summed E-state index contributed by atoms with van der Waals surface area (Å²) in [5.41, 5.74) is 2.96. The van der Waals surface area contributed by atoms with Gasteiger partial charge in [0.15, 0.2) is 4.67 Å². The summed E-state index contributed by atoms with van der Waals surface area (Å²) in [4.78, 5) is 12.7. The van der Waals surface area contributed by atoms with Gasteiger partial charge in [0.2, 0.25) is 5.43 Å². The van der Waals surface area contributed by atoms with E-state index in [4.69, 9.17) is 4.42 Å². The first kappa shape index (κ1) is 12.2. The maximum absolute atomic E-state index is 12.7. The molecule has 0 N–H and O–H groups in total. The van der Waals surface area contributed by atoms with Crippen LogP contribution in [-0.4, -0.2) is 0 Å². The molecule has 2 nitrogen and oxygen atoms in total. The molecule has 2 aromatic carbocycles. The van der Waals surface area contributed by atoms with Crippen LogP contribution < -0.4 is 5.43 Å². The zero-order valence-corrected chi connectivity index (χ0v) is 11.9. The molecule has 0 fully saturated rings. The van der Waals surface area contributed by atoms with Gasteiger partial charge in [-0.1, -0.05) is 42.5 Å². The minimum atomic E-state index is -0.00238. The molecule has 3 heteroatoms. The molecule has 3 aromatic rings. The molecule has 0 atom stereocenters. The lowest BCUT2D eigenvalue weighted by Crippen LogP contribution is -2.07. The molecule has 1 heterocycles. The highest BCUT2D eigenvalue weighted by molar-refractivity contribution is 9.10. The minimum absolute atomic E-state index is 0.00238. The van der Waals surface area contributed by atoms with Crippen molar-refractivity contribution in [3.63, 3.8) is 0 Å². The van der Waals surface area contributed by atoms with Crippen LogP contribution in [0, 0.1) is 6.92 Å². The van der Waals surface area contributed by atoms with Crippen LogP contribution >= 0.6 is 15.9 Å². The molecule has 0 radical (unpaired) electrons. The van der Waals surface area contributed by atoms with E-state index in [-0.39, 0.29) is 5.43 Å². The van der Waals surface area contributed by atoms with Crippen LogP contribution in [0.4, 0.5) is 0 Å². The third-order valence-electron chi connectivity index (χ3n) is 3.15. The third kappa shape index (κ3) is 2.00. The molecule has 3 rings (SSSR count). The number of aryl methyl sites for hydroxylation is 1. The average molecular weight is 315 g/mol. The predicted molar refractivity (Wildman–Crippen MR) is 80.4 cm³/mol. The lowest BCUT2D eigenvalue weighted by Gasteiger charge is -2.07. The number of hydrogen-bond acceptors (Lipinski definition) is 2. The fourth-order valence-electron chi connectivity index (χ4n) is 2.23. The van der Waals surface area contributed by atoms with Crippen molar-refractivity contribution in [2.75, 3.05) is 0 Å². The van der Waals surface area contributed by atoms with Crippen molar-refractivity contribution in [3.8, 4) is 11.1 Å². The molecule has 19 heavy (non-hydrogen) atoms. The minimum Gasteiger partial charge on any atom is -0.448 e. The predicted octanol–water partition coefficient (Wildman–Crippen LogP) is 4.53. The Morgan fingerprint density at radius 2 is 1.74 bits per heavy atom. The summed E-state index contributed by atoms with van der Waals surface area (Å²) < 4.78 is 6.20. The van der Waals surface area contributed by atoms with Gasteiger partial charge in [-0.3, -0.25) is 4.79 Å². The second-order valence-electron chi connectivity index (χ2n) is 4.39. The molecule has 0 aliphatic carbocycles. The van der Waals surface area contributed by atoms with Gasteiger partial charge in [-0.05, 0) is 40.0 Å². The fraction of sp³-hybridized carbons (Fsp3) is 0.0625. The largest absolute Gasteiger partial charge is 0.448 e. The summed E-state index contributed by atoms with van der Waals surface area (Å²) in [6.45, 7) is 1.92. The van der Waals surface area contributed by atoms with Crippen LogP contribution in [-0.2, 0) is 0 Å². The summed E-state index contributed by atoms with van der Waals surface area (Å²) >= 11 is 3.36. The quantitative estimate of drug-likeness (QED) is 0.660. The Labute approximate surface area is 118 Å². The van der Waals surface area contributed by atoms with Crippen LogP contribution in [0.3, 0.4) is 0 Å². The van der Waals surface area contributed by atoms with E-state index in [2.05, 4.69) is 15.9 Å². The standard InChI is InChI=1S/C16H11BrO2/c1-10-6-5-9-12-13(10)15(18)14(16(17)19-12)11-7-3-2-4-8-11/h2-9H,1H3. The van der Waals surface area contributed by atoms with E-state index < -0.39 is 0 Å². The number of hydrogen-bond donors (Lipinski definition) is 0. The highest BCUT2D eigenvalue weighted by atomic mass is 79.9. The van der Waals surface area contributed by atoms with Gasteiger partial charge in [0.25, 0.3) is 0 Å². The molecule has 0 bridgehead atoms. The van der Waals surface area contributed by atoms with Gasteiger partial charge in [0, 0.05) is 0 Å². The number of rotatable bonds is 1. The Bertz CT molecular complexity index is 804. The van der Waals surface area contributed by atoms with Crippen LogP contribution in [0.15, 0.2) is 62.4 Å². The Balaban J connectivity index is 2.45. The summed E-state index contributed by atoms with van der Waals surface area (Å²) in [5, 5.41) is 0.643. The number of fused-ring (bicyclic) bond motifs is 1. The topological polar surface area (TPSA) is 30.2 Å². The molecule has 0 saturated carbocycles. The van der Waals surface area contributed by atoms with Gasteiger partial charge >= 0.3 is 0 Å². The van der Waals surface area contributed by atoms with Gasteiger partial charge in [-0.15, -0.1) is 0 Å². The van der Waals surface area contributed by atoms with Crippen molar-refractivity contribution in [1.82, 2.24) is 0 Å². The smallest absolute Gasteiger partial charge is 0.201 e. The van der Waals surface area contributed by atoms with E-state index in [9.17, 15) is 4.79 Å². The second kappa shape index (κ2) is 4.67. The molecule has 0 unspecified atom stereocenters. The lowest BCUT2D eigenvalue weighted by atomic mass is 10.0. The van der Waals surface area contributed by atoms with Crippen LogP contribution in [0.25, 0.3) is 22.1 Å². The van der Waals surface area contributed by atoms with E-state index in [0.717, 1.165) is 11.1 Å². The zero-order chi connectivity index (χ0) is 13.4.